The molecule has 0 spiro atoms. The Morgan fingerprint density at radius 2 is 1.82 bits per heavy atom. The average Bonchev–Trinajstić information content (AvgIpc) is 2.14. The normalized spacial score (nSPS) is 13.9. The van der Waals surface area contributed by atoms with Gasteiger partial charge in [-0.2, -0.15) is 0 Å². The Labute approximate surface area is 103 Å². The third kappa shape index (κ3) is 4.36. The molecule has 1 atom stereocenters. The van der Waals surface area contributed by atoms with Crippen molar-refractivity contribution in [2.45, 2.75) is 26.8 Å². The van der Waals surface area contributed by atoms with Crippen molar-refractivity contribution in [2.24, 2.45) is 5.92 Å². The number of rotatable bonds is 5. The van der Waals surface area contributed by atoms with Crippen LogP contribution in [0.5, 0.6) is 0 Å². The first kappa shape index (κ1) is 14.0. The Morgan fingerprint density at radius 1 is 1.24 bits per heavy atom. The quantitative estimate of drug-likeness (QED) is 0.790. The average molecular weight is 256 g/mol. The standard InChI is InChI=1S/C12H20N2O2S/c1-9(2)8-17(15,16)14-10(3)11-6-4-5-7-12(11)13/h4-7,9-10,14H,8,13H2,1-3H3. The van der Waals surface area contributed by atoms with Crippen molar-refractivity contribution in [1.82, 2.24) is 4.72 Å². The molecule has 0 amide bonds. The fourth-order valence-electron chi connectivity index (χ4n) is 1.73. The van der Waals surface area contributed by atoms with Gasteiger partial charge in [-0.05, 0) is 24.5 Å². The van der Waals surface area contributed by atoms with E-state index in [2.05, 4.69) is 4.72 Å². The van der Waals surface area contributed by atoms with Gasteiger partial charge in [-0.25, -0.2) is 13.1 Å². The molecule has 1 rings (SSSR count). The monoisotopic (exact) mass is 256 g/mol. The zero-order valence-electron chi connectivity index (χ0n) is 10.5. The van der Waals surface area contributed by atoms with Gasteiger partial charge in [0, 0.05) is 11.7 Å². The molecule has 0 radical (unpaired) electrons. The summed E-state index contributed by atoms with van der Waals surface area (Å²) in [6.45, 7) is 5.55. The van der Waals surface area contributed by atoms with Gasteiger partial charge in [-0.1, -0.05) is 32.0 Å². The van der Waals surface area contributed by atoms with E-state index in [0.717, 1.165) is 5.56 Å². The van der Waals surface area contributed by atoms with Gasteiger partial charge < -0.3 is 5.73 Å². The first-order chi connectivity index (χ1) is 7.82. The van der Waals surface area contributed by atoms with Gasteiger partial charge in [0.15, 0.2) is 0 Å². The Bertz CT molecular complexity index is 469. The van der Waals surface area contributed by atoms with E-state index >= 15 is 0 Å². The Balaban J connectivity index is 2.80. The number of hydrogen-bond acceptors (Lipinski definition) is 3. The molecule has 0 fully saturated rings. The van der Waals surface area contributed by atoms with Gasteiger partial charge in [0.05, 0.1) is 5.75 Å². The molecular weight excluding hydrogens is 236 g/mol. The SMILES string of the molecule is CC(C)CS(=O)(=O)NC(C)c1ccccc1N. The molecule has 0 bridgehead atoms. The van der Waals surface area contributed by atoms with Gasteiger partial charge in [-0.3, -0.25) is 0 Å². The third-order valence-electron chi connectivity index (χ3n) is 2.37. The van der Waals surface area contributed by atoms with E-state index in [1.807, 2.05) is 32.0 Å². The minimum absolute atomic E-state index is 0.104. The molecule has 1 aromatic rings. The summed E-state index contributed by atoms with van der Waals surface area (Å²) < 4.78 is 26.2. The number of hydrogen-bond donors (Lipinski definition) is 2. The zero-order chi connectivity index (χ0) is 13.1. The van der Waals surface area contributed by atoms with Crippen molar-refractivity contribution in [1.29, 1.82) is 0 Å². The first-order valence-corrected chi connectivity index (χ1v) is 7.31. The summed E-state index contributed by atoms with van der Waals surface area (Å²) in [6, 6.07) is 6.97. The lowest BCUT2D eigenvalue weighted by Gasteiger charge is -2.17. The number of sulfonamides is 1. The second-order valence-electron chi connectivity index (χ2n) is 4.64. The van der Waals surface area contributed by atoms with Gasteiger partial charge in [0.25, 0.3) is 0 Å². The van der Waals surface area contributed by atoms with Crippen LogP contribution in [0.3, 0.4) is 0 Å². The van der Waals surface area contributed by atoms with Crippen molar-refractivity contribution in [3.05, 3.63) is 29.8 Å². The summed E-state index contributed by atoms with van der Waals surface area (Å²) in [7, 11) is -3.25. The van der Waals surface area contributed by atoms with E-state index in [0.29, 0.717) is 5.69 Å². The molecule has 3 N–H and O–H groups in total. The molecule has 1 aromatic carbocycles. The molecule has 0 saturated heterocycles. The molecule has 96 valence electrons. The van der Waals surface area contributed by atoms with Crippen LogP contribution in [0, 0.1) is 5.92 Å². The van der Waals surface area contributed by atoms with Crippen LogP contribution >= 0.6 is 0 Å². The third-order valence-corrected chi connectivity index (χ3v) is 4.19. The van der Waals surface area contributed by atoms with E-state index in [1.54, 1.807) is 13.0 Å². The smallest absolute Gasteiger partial charge is 0.212 e. The highest BCUT2D eigenvalue weighted by atomic mass is 32.2. The number of anilines is 1. The minimum Gasteiger partial charge on any atom is -0.398 e. The Hall–Kier alpha value is -1.07. The highest BCUT2D eigenvalue weighted by Crippen LogP contribution is 2.20. The van der Waals surface area contributed by atoms with E-state index < -0.39 is 10.0 Å². The fraction of sp³-hybridized carbons (Fsp3) is 0.500. The topological polar surface area (TPSA) is 72.2 Å². The highest BCUT2D eigenvalue weighted by Gasteiger charge is 2.18. The summed E-state index contributed by atoms with van der Waals surface area (Å²) in [4.78, 5) is 0. The van der Waals surface area contributed by atoms with E-state index in [9.17, 15) is 8.42 Å². The molecule has 0 aliphatic heterocycles. The zero-order valence-corrected chi connectivity index (χ0v) is 11.3. The second-order valence-corrected chi connectivity index (χ2v) is 6.44. The lowest BCUT2D eigenvalue weighted by Crippen LogP contribution is -2.31. The van der Waals surface area contributed by atoms with Crippen LogP contribution in [0.25, 0.3) is 0 Å². The number of nitrogens with one attached hydrogen (secondary N) is 1. The van der Waals surface area contributed by atoms with Gasteiger partial charge in [0.1, 0.15) is 0 Å². The summed E-state index contributed by atoms with van der Waals surface area (Å²) in [5, 5.41) is 0. The van der Waals surface area contributed by atoms with E-state index in [-0.39, 0.29) is 17.7 Å². The predicted octanol–water partition coefficient (Wildman–Crippen LogP) is 1.91. The number of nitrogens with two attached hydrogens (primary N) is 1. The summed E-state index contributed by atoms with van der Waals surface area (Å²) in [5.41, 5.74) is 7.22. The van der Waals surface area contributed by atoms with Crippen molar-refractivity contribution >= 4 is 15.7 Å². The maximum atomic E-state index is 11.8. The summed E-state index contributed by atoms with van der Waals surface area (Å²) in [6.07, 6.45) is 0. The number of benzene rings is 1. The fourth-order valence-corrected chi connectivity index (χ4v) is 3.36. The largest absolute Gasteiger partial charge is 0.398 e. The second kappa shape index (κ2) is 5.51. The van der Waals surface area contributed by atoms with Crippen molar-refractivity contribution in [2.75, 3.05) is 11.5 Å². The molecule has 17 heavy (non-hydrogen) atoms. The van der Waals surface area contributed by atoms with Crippen LogP contribution in [0.1, 0.15) is 32.4 Å². The minimum atomic E-state index is -3.25. The lowest BCUT2D eigenvalue weighted by atomic mass is 10.1. The molecule has 0 aliphatic rings. The number of nitrogen functional groups attached to an aromatic ring is 1. The maximum Gasteiger partial charge on any atom is 0.212 e. The summed E-state index contributed by atoms with van der Waals surface area (Å²) in [5.74, 6) is 0.234. The van der Waals surface area contributed by atoms with Crippen LogP contribution in [0.4, 0.5) is 5.69 Å². The van der Waals surface area contributed by atoms with Crippen LogP contribution in [0.15, 0.2) is 24.3 Å². The van der Waals surface area contributed by atoms with Crippen molar-refractivity contribution in [3.8, 4) is 0 Å². The van der Waals surface area contributed by atoms with Crippen molar-refractivity contribution < 1.29 is 8.42 Å². The van der Waals surface area contributed by atoms with E-state index in [4.69, 9.17) is 5.73 Å². The van der Waals surface area contributed by atoms with Crippen LogP contribution in [-0.2, 0) is 10.0 Å². The molecule has 1 unspecified atom stereocenters. The maximum absolute atomic E-state index is 11.8. The molecule has 0 aromatic heterocycles. The molecule has 4 nitrogen and oxygen atoms in total. The van der Waals surface area contributed by atoms with Crippen LogP contribution in [0.2, 0.25) is 0 Å². The highest BCUT2D eigenvalue weighted by molar-refractivity contribution is 7.89. The van der Waals surface area contributed by atoms with Crippen molar-refractivity contribution in [3.63, 3.8) is 0 Å². The Morgan fingerprint density at radius 3 is 2.35 bits per heavy atom. The Kier molecular flexibility index (Phi) is 4.54. The van der Waals surface area contributed by atoms with Gasteiger partial charge in [-0.15, -0.1) is 0 Å². The van der Waals surface area contributed by atoms with E-state index in [1.165, 1.54) is 0 Å². The molecule has 0 aliphatic carbocycles. The first-order valence-electron chi connectivity index (χ1n) is 5.66. The number of para-hydroxylation sites is 1. The summed E-state index contributed by atoms with van der Waals surface area (Å²) >= 11 is 0. The van der Waals surface area contributed by atoms with Crippen LogP contribution < -0.4 is 10.5 Å². The molecule has 0 heterocycles. The van der Waals surface area contributed by atoms with Gasteiger partial charge in [0.2, 0.25) is 10.0 Å². The predicted molar refractivity (Wildman–Crippen MR) is 71.0 cm³/mol. The van der Waals surface area contributed by atoms with Gasteiger partial charge >= 0.3 is 0 Å². The lowest BCUT2D eigenvalue weighted by molar-refractivity contribution is 0.555. The molecular formula is C12H20N2O2S. The molecule has 5 heteroatoms. The molecule has 0 saturated carbocycles. The van der Waals surface area contributed by atoms with Crippen LogP contribution in [-0.4, -0.2) is 14.2 Å².